The summed E-state index contributed by atoms with van der Waals surface area (Å²) < 4.78 is 1.63. The number of aryl methyl sites for hydroxylation is 1. The van der Waals surface area contributed by atoms with E-state index in [0.29, 0.717) is 11.7 Å². The van der Waals surface area contributed by atoms with Gasteiger partial charge in [-0.2, -0.15) is 5.10 Å². The number of hydrogen-bond donors (Lipinski definition) is 0. The minimum absolute atomic E-state index is 0.0400. The summed E-state index contributed by atoms with van der Waals surface area (Å²) in [7, 11) is 0. The molecule has 1 rings (SSSR count). The molecule has 0 aliphatic heterocycles. The molecule has 0 fully saturated rings. The number of rotatable bonds is 3. The Labute approximate surface area is 76.3 Å². The molecule has 0 aromatic carbocycles. The average Bonchev–Trinajstić information content (AvgIpc) is 2.36. The molecule has 0 saturated heterocycles. The second-order valence-corrected chi connectivity index (χ2v) is 3.27. The fourth-order valence-electron chi connectivity index (χ4n) is 0.907. The second kappa shape index (κ2) is 3.72. The van der Waals surface area contributed by atoms with Crippen LogP contribution in [0.5, 0.6) is 0 Å². The molecule has 1 atom stereocenters. The molecule has 0 bridgehead atoms. The lowest BCUT2D eigenvalue weighted by Gasteiger charge is -2.04. The molecule has 12 heavy (non-hydrogen) atoms. The quantitative estimate of drug-likeness (QED) is 0.674. The first-order valence-corrected chi connectivity index (χ1v) is 4.16. The Morgan fingerprint density at radius 1 is 1.83 bits per heavy atom. The predicted molar refractivity (Wildman–Crippen MR) is 47.2 cm³/mol. The highest BCUT2D eigenvalue weighted by Crippen LogP contribution is 2.14. The molecule has 0 spiro atoms. The van der Waals surface area contributed by atoms with Gasteiger partial charge in [-0.15, -0.1) is 0 Å². The van der Waals surface area contributed by atoms with E-state index in [1.54, 1.807) is 10.9 Å². The smallest absolute Gasteiger partial charge is 0.129 e. The van der Waals surface area contributed by atoms with E-state index in [9.17, 15) is 4.79 Å². The Morgan fingerprint density at radius 2 is 2.50 bits per heavy atom. The third-order valence-electron chi connectivity index (χ3n) is 1.64. The number of halogens is 1. The first-order valence-electron chi connectivity index (χ1n) is 3.78. The van der Waals surface area contributed by atoms with Crippen molar-refractivity contribution in [3.63, 3.8) is 0 Å². The normalized spacial score (nSPS) is 12.9. The van der Waals surface area contributed by atoms with E-state index in [0.717, 1.165) is 11.8 Å². The van der Waals surface area contributed by atoms with Gasteiger partial charge >= 0.3 is 0 Å². The minimum atomic E-state index is -0.0400. The number of hydrogen-bond acceptors (Lipinski definition) is 2. The van der Waals surface area contributed by atoms with Crippen LogP contribution >= 0.6 is 11.6 Å². The molecule has 0 aliphatic carbocycles. The van der Waals surface area contributed by atoms with E-state index in [4.69, 9.17) is 11.6 Å². The summed E-state index contributed by atoms with van der Waals surface area (Å²) >= 11 is 5.89. The monoisotopic (exact) mass is 186 g/mol. The van der Waals surface area contributed by atoms with Crippen LogP contribution < -0.4 is 0 Å². The van der Waals surface area contributed by atoms with E-state index < -0.39 is 0 Å². The molecule has 1 heterocycles. The largest absolute Gasteiger partial charge is 0.303 e. The van der Waals surface area contributed by atoms with Crippen molar-refractivity contribution in [3.8, 4) is 0 Å². The van der Waals surface area contributed by atoms with E-state index in [2.05, 4.69) is 5.10 Å². The zero-order chi connectivity index (χ0) is 9.14. The Balaban J connectivity index is 2.75. The van der Waals surface area contributed by atoms with Gasteiger partial charge in [-0.25, -0.2) is 0 Å². The van der Waals surface area contributed by atoms with Crippen LogP contribution in [0.15, 0.2) is 6.20 Å². The van der Waals surface area contributed by atoms with Gasteiger partial charge in [-0.3, -0.25) is 4.68 Å². The van der Waals surface area contributed by atoms with Crippen molar-refractivity contribution in [2.24, 2.45) is 5.92 Å². The summed E-state index contributed by atoms with van der Waals surface area (Å²) in [5.41, 5.74) is 0.940. The molecule has 0 aliphatic rings. The van der Waals surface area contributed by atoms with Gasteiger partial charge in [-0.1, -0.05) is 18.5 Å². The standard InChI is InChI=1S/C8H11ClN2O/c1-6(5-12)4-11-8(9)7(2)3-10-11/h3,5-6H,4H2,1-2H3. The van der Waals surface area contributed by atoms with Crippen molar-refractivity contribution in [1.29, 1.82) is 0 Å². The predicted octanol–water partition coefficient (Wildman–Crippen LogP) is 1.68. The van der Waals surface area contributed by atoms with Crippen LogP contribution in [-0.4, -0.2) is 16.1 Å². The maximum atomic E-state index is 10.3. The Kier molecular flexibility index (Phi) is 2.87. The van der Waals surface area contributed by atoms with Gasteiger partial charge in [0.25, 0.3) is 0 Å². The summed E-state index contributed by atoms with van der Waals surface area (Å²) in [6.45, 7) is 4.27. The SMILES string of the molecule is Cc1cnn(CC(C)C=O)c1Cl. The summed E-state index contributed by atoms with van der Waals surface area (Å²) in [5.74, 6) is -0.0400. The van der Waals surface area contributed by atoms with Gasteiger partial charge in [0.1, 0.15) is 11.4 Å². The fraction of sp³-hybridized carbons (Fsp3) is 0.500. The van der Waals surface area contributed by atoms with Crippen LogP contribution in [-0.2, 0) is 11.3 Å². The summed E-state index contributed by atoms with van der Waals surface area (Å²) in [6, 6.07) is 0. The molecule has 0 N–H and O–H groups in total. The highest BCUT2D eigenvalue weighted by molar-refractivity contribution is 6.30. The molecule has 3 nitrogen and oxygen atoms in total. The van der Waals surface area contributed by atoms with Gasteiger partial charge in [0.2, 0.25) is 0 Å². The zero-order valence-corrected chi connectivity index (χ0v) is 7.88. The van der Waals surface area contributed by atoms with Crippen molar-refractivity contribution in [2.75, 3.05) is 0 Å². The van der Waals surface area contributed by atoms with Crippen LogP contribution in [0.1, 0.15) is 12.5 Å². The van der Waals surface area contributed by atoms with Crippen LogP contribution in [0.25, 0.3) is 0 Å². The minimum Gasteiger partial charge on any atom is -0.303 e. The second-order valence-electron chi connectivity index (χ2n) is 2.91. The highest BCUT2D eigenvalue weighted by Gasteiger charge is 2.07. The number of aromatic nitrogens is 2. The van der Waals surface area contributed by atoms with E-state index in [1.807, 2.05) is 13.8 Å². The summed E-state index contributed by atoms with van der Waals surface area (Å²) in [5, 5.41) is 4.64. The summed E-state index contributed by atoms with van der Waals surface area (Å²) in [4.78, 5) is 10.3. The maximum absolute atomic E-state index is 10.3. The maximum Gasteiger partial charge on any atom is 0.129 e. The van der Waals surface area contributed by atoms with Crippen LogP contribution in [0, 0.1) is 12.8 Å². The van der Waals surface area contributed by atoms with Crippen molar-refractivity contribution in [1.82, 2.24) is 9.78 Å². The highest BCUT2D eigenvalue weighted by atomic mass is 35.5. The molecule has 0 amide bonds. The van der Waals surface area contributed by atoms with Crippen LogP contribution in [0.4, 0.5) is 0 Å². The molecule has 4 heteroatoms. The molecule has 1 aromatic rings. The van der Waals surface area contributed by atoms with Crippen molar-refractivity contribution in [2.45, 2.75) is 20.4 Å². The van der Waals surface area contributed by atoms with E-state index in [1.165, 1.54) is 0 Å². The first kappa shape index (κ1) is 9.26. The zero-order valence-electron chi connectivity index (χ0n) is 7.12. The van der Waals surface area contributed by atoms with Gasteiger partial charge in [0.15, 0.2) is 0 Å². The molecule has 1 aromatic heterocycles. The summed E-state index contributed by atoms with van der Waals surface area (Å²) in [6.07, 6.45) is 2.59. The molecular weight excluding hydrogens is 176 g/mol. The molecule has 0 saturated carbocycles. The molecule has 1 unspecified atom stereocenters. The Bertz CT molecular complexity index is 283. The number of nitrogens with zero attached hydrogens (tertiary/aromatic N) is 2. The van der Waals surface area contributed by atoms with Gasteiger partial charge < -0.3 is 4.79 Å². The fourth-order valence-corrected chi connectivity index (χ4v) is 1.07. The average molecular weight is 187 g/mol. The first-order chi connectivity index (χ1) is 5.65. The van der Waals surface area contributed by atoms with Gasteiger partial charge in [0, 0.05) is 11.5 Å². The molecule has 66 valence electrons. The third-order valence-corrected chi connectivity index (χ3v) is 2.13. The van der Waals surface area contributed by atoms with Gasteiger partial charge in [0.05, 0.1) is 12.7 Å². The Morgan fingerprint density at radius 3 is 2.92 bits per heavy atom. The van der Waals surface area contributed by atoms with Crippen LogP contribution in [0.2, 0.25) is 5.15 Å². The number of carbonyl (C=O) groups is 1. The molecular formula is C8H11ClN2O. The third kappa shape index (κ3) is 1.85. The van der Waals surface area contributed by atoms with Crippen molar-refractivity contribution in [3.05, 3.63) is 16.9 Å². The van der Waals surface area contributed by atoms with Crippen molar-refractivity contribution < 1.29 is 4.79 Å². The lowest BCUT2D eigenvalue weighted by molar-refractivity contribution is -0.111. The topological polar surface area (TPSA) is 34.9 Å². The lowest BCUT2D eigenvalue weighted by Crippen LogP contribution is -2.09. The number of aldehydes is 1. The van der Waals surface area contributed by atoms with Crippen molar-refractivity contribution >= 4 is 17.9 Å². The lowest BCUT2D eigenvalue weighted by atomic mass is 10.2. The number of carbonyl (C=O) groups excluding carboxylic acids is 1. The van der Waals surface area contributed by atoms with Crippen LogP contribution in [0.3, 0.4) is 0 Å². The van der Waals surface area contributed by atoms with E-state index >= 15 is 0 Å². The Hall–Kier alpha value is -0.830. The van der Waals surface area contributed by atoms with E-state index in [-0.39, 0.29) is 5.92 Å². The van der Waals surface area contributed by atoms with Gasteiger partial charge in [-0.05, 0) is 6.92 Å². The molecule has 0 radical (unpaired) electrons.